The van der Waals surface area contributed by atoms with Crippen LogP contribution in [0.4, 0.5) is 23.3 Å². The van der Waals surface area contributed by atoms with Gasteiger partial charge < -0.3 is 45.7 Å². The van der Waals surface area contributed by atoms with Crippen LogP contribution in [0.3, 0.4) is 0 Å². The van der Waals surface area contributed by atoms with Crippen LogP contribution in [0.25, 0.3) is 11.2 Å². The van der Waals surface area contributed by atoms with Crippen LogP contribution in [0.2, 0.25) is 0 Å². The molecule has 3 aromatic rings. The standard InChI is InChI=1S/C22H31N10O8P/c23-17-15-18(26-8-25-17)32(10-27-15)21-11(5-13(40-21)7-38-41(34,35)36)3-4-37-6-12-1-2-14(39-12)31-9-28-16-19(31)29-22(24)30-20(16)33/h8,10-14,21,28H,1-7,9H2,(H2,23,25,26)(H2,34,35,36)(H3,24,29,30,33)/t11-,12?,13?,14?,21?/m1/s1. The molecule has 2 saturated heterocycles. The van der Waals surface area contributed by atoms with E-state index in [4.69, 9.17) is 40.0 Å². The first-order valence-corrected chi connectivity index (χ1v) is 14.6. The average molecular weight is 595 g/mol. The molecule has 0 aliphatic carbocycles. The van der Waals surface area contributed by atoms with Crippen molar-refractivity contribution in [2.24, 2.45) is 5.92 Å². The van der Waals surface area contributed by atoms with E-state index in [1.807, 2.05) is 4.90 Å². The van der Waals surface area contributed by atoms with Crippen molar-refractivity contribution >= 4 is 42.3 Å². The van der Waals surface area contributed by atoms with Crippen LogP contribution in [0.5, 0.6) is 0 Å². The lowest BCUT2D eigenvalue weighted by Crippen LogP contribution is -2.36. The first kappa shape index (κ1) is 27.8. The molecule has 3 aromatic heterocycles. The Labute approximate surface area is 232 Å². The highest BCUT2D eigenvalue weighted by atomic mass is 31.2. The van der Waals surface area contributed by atoms with E-state index in [1.165, 1.54) is 6.33 Å². The van der Waals surface area contributed by atoms with Crippen molar-refractivity contribution in [1.82, 2.24) is 29.5 Å². The van der Waals surface area contributed by atoms with Crippen molar-refractivity contribution in [1.29, 1.82) is 0 Å². The number of phosphoric ester groups is 1. The number of hydrogen-bond acceptors (Lipinski definition) is 14. The molecular formula is C22H31N10O8P. The van der Waals surface area contributed by atoms with Gasteiger partial charge in [0.15, 0.2) is 17.3 Å². The Kier molecular flexibility index (Phi) is 7.54. The molecule has 0 aromatic carbocycles. The van der Waals surface area contributed by atoms with Crippen molar-refractivity contribution in [3.05, 3.63) is 23.0 Å². The number of nitrogens with one attached hydrogen (secondary N) is 2. The smallest absolute Gasteiger partial charge is 0.382 e. The van der Waals surface area contributed by atoms with Crippen LogP contribution in [0.1, 0.15) is 31.9 Å². The second-order valence-corrected chi connectivity index (χ2v) is 11.4. The zero-order valence-electron chi connectivity index (χ0n) is 21.8. The second kappa shape index (κ2) is 11.1. The summed E-state index contributed by atoms with van der Waals surface area (Å²) >= 11 is 0. The quantitative estimate of drug-likeness (QED) is 0.132. The maximum Gasteiger partial charge on any atom is 0.469 e. The number of hydrogen-bond donors (Lipinski definition) is 6. The van der Waals surface area contributed by atoms with E-state index < -0.39 is 20.2 Å². The fraction of sp³-hybridized carbons (Fsp3) is 0.591. The highest BCUT2D eigenvalue weighted by molar-refractivity contribution is 7.46. The highest BCUT2D eigenvalue weighted by Gasteiger charge is 2.39. The van der Waals surface area contributed by atoms with E-state index in [1.54, 1.807) is 10.9 Å². The van der Waals surface area contributed by atoms with E-state index in [0.29, 0.717) is 55.4 Å². The number of nitrogens with zero attached hydrogens (tertiary/aromatic N) is 6. The van der Waals surface area contributed by atoms with Gasteiger partial charge in [-0.25, -0.2) is 19.5 Å². The van der Waals surface area contributed by atoms with Gasteiger partial charge in [-0.15, -0.1) is 0 Å². The number of phosphoric acid groups is 1. The largest absolute Gasteiger partial charge is 0.469 e. The molecule has 0 saturated carbocycles. The van der Waals surface area contributed by atoms with E-state index in [2.05, 4.69) is 30.2 Å². The lowest BCUT2D eigenvalue weighted by Gasteiger charge is -2.25. The molecule has 4 unspecified atom stereocenters. The summed E-state index contributed by atoms with van der Waals surface area (Å²) in [6, 6.07) is 0. The van der Waals surface area contributed by atoms with Gasteiger partial charge in [-0.1, -0.05) is 0 Å². The summed E-state index contributed by atoms with van der Waals surface area (Å²) in [6.45, 7) is 0.894. The molecule has 6 rings (SSSR count). The Balaban J connectivity index is 1.05. The number of aromatic nitrogens is 6. The van der Waals surface area contributed by atoms with Crippen molar-refractivity contribution in [2.75, 3.05) is 48.2 Å². The summed E-state index contributed by atoms with van der Waals surface area (Å²) in [5.41, 5.74) is 12.6. The Bertz CT molecular complexity index is 1510. The van der Waals surface area contributed by atoms with Crippen molar-refractivity contribution in [2.45, 2.75) is 50.3 Å². The predicted octanol–water partition coefficient (Wildman–Crippen LogP) is -0.112. The van der Waals surface area contributed by atoms with Gasteiger partial charge in [-0.3, -0.25) is 18.9 Å². The molecule has 18 nitrogen and oxygen atoms in total. The molecule has 0 amide bonds. The SMILES string of the molecule is Nc1nc2c(c(=O)[nH]1)NCN2C1CCC(COCC[C@@H]2CC(COP(=O)(O)O)OC2n2cnc3c(N)ncnc32)O1. The fourth-order valence-corrected chi connectivity index (χ4v) is 5.89. The zero-order valence-corrected chi connectivity index (χ0v) is 22.7. The maximum absolute atomic E-state index is 12.1. The van der Waals surface area contributed by atoms with E-state index in [9.17, 15) is 9.36 Å². The van der Waals surface area contributed by atoms with Gasteiger partial charge in [-0.05, 0) is 25.7 Å². The maximum atomic E-state index is 12.1. The number of H-pyrrole nitrogens is 1. The third-order valence-corrected chi connectivity index (χ3v) is 7.86. The minimum absolute atomic E-state index is 0.0460. The van der Waals surface area contributed by atoms with Gasteiger partial charge in [0.25, 0.3) is 5.56 Å². The van der Waals surface area contributed by atoms with Crippen LogP contribution in [0, 0.1) is 5.92 Å². The van der Waals surface area contributed by atoms with Gasteiger partial charge in [0.05, 0.1) is 38.4 Å². The fourth-order valence-electron chi connectivity index (χ4n) is 5.53. The summed E-state index contributed by atoms with van der Waals surface area (Å²) in [4.78, 5) is 51.6. The molecule has 0 radical (unpaired) electrons. The zero-order chi connectivity index (χ0) is 28.7. The number of nitrogens with two attached hydrogens (primary N) is 2. The topological polar surface area (TPSA) is 251 Å². The van der Waals surface area contributed by atoms with Gasteiger partial charge in [0, 0.05) is 12.5 Å². The number of imidazole rings is 1. The number of anilines is 4. The van der Waals surface area contributed by atoms with E-state index >= 15 is 0 Å². The molecule has 0 bridgehead atoms. The lowest BCUT2D eigenvalue weighted by molar-refractivity contribution is -0.0394. The summed E-state index contributed by atoms with van der Waals surface area (Å²) in [5.74, 6) is 0.668. The minimum Gasteiger partial charge on any atom is -0.382 e. The summed E-state index contributed by atoms with van der Waals surface area (Å²) in [7, 11) is -4.65. The normalized spacial score (nSPS) is 26.1. The Hall–Kier alpha value is -3.38. The molecular weight excluding hydrogens is 563 g/mol. The number of rotatable bonds is 10. The molecule has 3 aliphatic rings. The second-order valence-electron chi connectivity index (χ2n) is 10.1. The van der Waals surface area contributed by atoms with Crippen molar-refractivity contribution in [3.8, 4) is 0 Å². The van der Waals surface area contributed by atoms with Crippen LogP contribution in [-0.2, 0) is 23.3 Å². The van der Waals surface area contributed by atoms with E-state index in [0.717, 1.165) is 12.8 Å². The first-order chi connectivity index (χ1) is 19.7. The number of aromatic amines is 1. The third-order valence-electron chi connectivity index (χ3n) is 7.38. The molecule has 41 heavy (non-hydrogen) atoms. The average Bonchev–Trinajstić information content (AvgIpc) is 3.70. The molecule has 2 fully saturated rings. The molecule has 222 valence electrons. The summed E-state index contributed by atoms with van der Waals surface area (Å²) in [6.07, 6.45) is 3.99. The van der Waals surface area contributed by atoms with Crippen molar-refractivity contribution in [3.63, 3.8) is 0 Å². The van der Waals surface area contributed by atoms with Gasteiger partial charge in [0.2, 0.25) is 5.95 Å². The minimum atomic E-state index is -4.65. The Morgan fingerprint density at radius 3 is 2.83 bits per heavy atom. The van der Waals surface area contributed by atoms with Crippen LogP contribution in [0.15, 0.2) is 17.4 Å². The van der Waals surface area contributed by atoms with Gasteiger partial charge >= 0.3 is 7.82 Å². The number of fused-ring (bicyclic) bond motifs is 2. The molecule has 6 heterocycles. The van der Waals surface area contributed by atoms with Crippen molar-refractivity contribution < 1.29 is 33.1 Å². The molecule has 19 heteroatoms. The number of nitrogen functional groups attached to an aromatic ring is 2. The Morgan fingerprint density at radius 1 is 1.15 bits per heavy atom. The first-order valence-electron chi connectivity index (χ1n) is 13.1. The Morgan fingerprint density at radius 2 is 2.00 bits per heavy atom. The third kappa shape index (κ3) is 5.85. The molecule has 5 atom stereocenters. The number of ether oxygens (including phenoxy) is 3. The predicted molar refractivity (Wildman–Crippen MR) is 143 cm³/mol. The molecule has 0 spiro atoms. The van der Waals surface area contributed by atoms with Gasteiger partial charge in [-0.2, -0.15) is 4.98 Å². The lowest BCUT2D eigenvalue weighted by atomic mass is 10.00. The monoisotopic (exact) mass is 594 g/mol. The van der Waals surface area contributed by atoms with Crippen LogP contribution >= 0.6 is 7.82 Å². The van der Waals surface area contributed by atoms with Gasteiger partial charge in [0.1, 0.15) is 30.0 Å². The van der Waals surface area contributed by atoms with Crippen LogP contribution in [-0.4, -0.2) is 84.2 Å². The van der Waals surface area contributed by atoms with Crippen LogP contribution < -0.4 is 27.2 Å². The summed E-state index contributed by atoms with van der Waals surface area (Å²) < 4.78 is 36.0. The van der Waals surface area contributed by atoms with E-state index in [-0.39, 0.29) is 42.2 Å². The summed E-state index contributed by atoms with van der Waals surface area (Å²) in [5, 5.41) is 3.04. The molecule has 3 aliphatic heterocycles. The highest BCUT2D eigenvalue weighted by Crippen LogP contribution is 2.42. The molecule has 8 N–H and O–H groups in total.